The second-order valence-corrected chi connectivity index (χ2v) is 3.78. The van der Waals surface area contributed by atoms with Gasteiger partial charge in [0.05, 0.1) is 6.20 Å². The Morgan fingerprint density at radius 1 is 1.27 bits per heavy atom. The van der Waals surface area contributed by atoms with Crippen LogP contribution in [0.4, 0.5) is 5.69 Å². The lowest BCUT2D eigenvalue weighted by atomic mass is 10.2. The average molecular weight is 203 g/mol. The van der Waals surface area contributed by atoms with Gasteiger partial charge in [-0.25, -0.2) is 0 Å². The van der Waals surface area contributed by atoms with Crippen LogP contribution >= 0.6 is 0 Å². The van der Waals surface area contributed by atoms with E-state index in [1.165, 1.54) is 5.69 Å². The molecule has 1 aliphatic heterocycles. The summed E-state index contributed by atoms with van der Waals surface area (Å²) in [7, 11) is 0. The summed E-state index contributed by atoms with van der Waals surface area (Å²) in [6, 6.07) is 6.25. The van der Waals surface area contributed by atoms with Gasteiger partial charge in [-0.05, 0) is 12.1 Å². The number of benzene rings is 1. The van der Waals surface area contributed by atoms with Gasteiger partial charge in [-0.2, -0.15) is 0 Å². The molecule has 0 atom stereocenters. The Bertz CT molecular complexity index is 460. The quantitative estimate of drug-likeness (QED) is 0.757. The summed E-state index contributed by atoms with van der Waals surface area (Å²) in [6.45, 7) is 4.21. The number of rotatable bonds is 1. The topological polar surface area (TPSA) is 41.3 Å². The molecule has 2 heterocycles. The summed E-state index contributed by atoms with van der Waals surface area (Å²) >= 11 is 0. The van der Waals surface area contributed by atoms with E-state index >= 15 is 0 Å². The van der Waals surface area contributed by atoms with Crippen LogP contribution in [0.15, 0.2) is 28.9 Å². The molecule has 2 aromatic rings. The average Bonchev–Trinajstić information content (AvgIpc) is 2.77. The molecule has 4 heteroatoms. The third kappa shape index (κ3) is 1.57. The van der Waals surface area contributed by atoms with Crippen LogP contribution in [0.5, 0.6) is 0 Å². The van der Waals surface area contributed by atoms with Crippen molar-refractivity contribution in [1.29, 1.82) is 0 Å². The van der Waals surface area contributed by atoms with E-state index in [4.69, 9.17) is 4.52 Å². The standard InChI is InChI=1S/C11H13N3O/c1-2-10(14-5-3-12-4-6-14)7-11-9(1)8-13-15-11/h1-2,7-8,12H,3-6H2. The fraction of sp³-hybridized carbons (Fsp3) is 0.364. The van der Waals surface area contributed by atoms with E-state index in [2.05, 4.69) is 33.6 Å². The van der Waals surface area contributed by atoms with Crippen molar-refractivity contribution >= 4 is 16.7 Å². The molecule has 4 nitrogen and oxygen atoms in total. The first-order valence-corrected chi connectivity index (χ1v) is 5.23. The molecular weight excluding hydrogens is 190 g/mol. The Kier molecular flexibility index (Phi) is 2.07. The van der Waals surface area contributed by atoms with Crippen LogP contribution in [-0.4, -0.2) is 31.3 Å². The molecule has 1 aromatic carbocycles. The van der Waals surface area contributed by atoms with Gasteiger partial charge in [-0.3, -0.25) is 0 Å². The van der Waals surface area contributed by atoms with Crippen LogP contribution in [0, 0.1) is 0 Å². The van der Waals surface area contributed by atoms with Gasteiger partial charge in [0.2, 0.25) is 0 Å². The Hall–Kier alpha value is -1.55. The molecule has 1 aromatic heterocycles. The number of fused-ring (bicyclic) bond motifs is 1. The van der Waals surface area contributed by atoms with Gasteiger partial charge in [-0.15, -0.1) is 0 Å². The van der Waals surface area contributed by atoms with Crippen molar-refractivity contribution in [3.05, 3.63) is 24.4 Å². The molecule has 0 saturated carbocycles. The summed E-state index contributed by atoms with van der Waals surface area (Å²) in [4.78, 5) is 2.36. The van der Waals surface area contributed by atoms with E-state index in [0.29, 0.717) is 0 Å². The number of nitrogens with zero attached hydrogens (tertiary/aromatic N) is 2. The zero-order chi connectivity index (χ0) is 10.1. The molecule has 1 fully saturated rings. The van der Waals surface area contributed by atoms with Crippen LogP contribution in [0.1, 0.15) is 0 Å². The summed E-state index contributed by atoms with van der Waals surface area (Å²) < 4.78 is 5.16. The van der Waals surface area contributed by atoms with Crippen LogP contribution in [-0.2, 0) is 0 Å². The van der Waals surface area contributed by atoms with E-state index in [0.717, 1.165) is 37.1 Å². The normalized spacial score (nSPS) is 17.2. The Morgan fingerprint density at radius 2 is 2.13 bits per heavy atom. The number of hydrogen-bond donors (Lipinski definition) is 1. The number of anilines is 1. The highest BCUT2D eigenvalue weighted by Crippen LogP contribution is 2.21. The smallest absolute Gasteiger partial charge is 0.168 e. The van der Waals surface area contributed by atoms with Crippen molar-refractivity contribution in [2.45, 2.75) is 0 Å². The Labute approximate surface area is 87.8 Å². The highest BCUT2D eigenvalue weighted by atomic mass is 16.5. The Morgan fingerprint density at radius 3 is 3.00 bits per heavy atom. The van der Waals surface area contributed by atoms with Crippen LogP contribution in [0.3, 0.4) is 0 Å². The SMILES string of the molecule is c1cc2cnoc2cc1N1CCNCC1. The molecule has 3 rings (SSSR count). The largest absolute Gasteiger partial charge is 0.369 e. The maximum Gasteiger partial charge on any atom is 0.168 e. The molecule has 1 saturated heterocycles. The first-order valence-electron chi connectivity index (χ1n) is 5.23. The molecule has 0 amide bonds. The maximum absolute atomic E-state index is 5.16. The van der Waals surface area contributed by atoms with Crippen LogP contribution in [0.2, 0.25) is 0 Å². The van der Waals surface area contributed by atoms with Gasteiger partial charge in [0.1, 0.15) is 0 Å². The summed E-state index contributed by atoms with van der Waals surface area (Å²) in [5.74, 6) is 0. The highest BCUT2D eigenvalue weighted by molar-refractivity contribution is 5.80. The van der Waals surface area contributed by atoms with Gasteiger partial charge in [0, 0.05) is 43.3 Å². The Balaban J connectivity index is 1.95. The first-order chi connectivity index (χ1) is 7.43. The fourth-order valence-electron chi connectivity index (χ4n) is 1.97. The van der Waals surface area contributed by atoms with Gasteiger partial charge in [-0.1, -0.05) is 5.16 Å². The monoisotopic (exact) mass is 203 g/mol. The highest BCUT2D eigenvalue weighted by Gasteiger charge is 2.11. The fourth-order valence-corrected chi connectivity index (χ4v) is 1.97. The van der Waals surface area contributed by atoms with Crippen molar-refractivity contribution in [2.75, 3.05) is 31.1 Å². The summed E-state index contributed by atoms with van der Waals surface area (Å²) in [6.07, 6.45) is 1.75. The van der Waals surface area contributed by atoms with Crippen LogP contribution in [0.25, 0.3) is 11.0 Å². The zero-order valence-corrected chi connectivity index (χ0v) is 8.44. The second-order valence-electron chi connectivity index (χ2n) is 3.78. The third-order valence-electron chi connectivity index (χ3n) is 2.82. The van der Waals surface area contributed by atoms with Crippen molar-refractivity contribution in [3.63, 3.8) is 0 Å². The number of piperazine rings is 1. The van der Waals surface area contributed by atoms with Crippen molar-refractivity contribution in [1.82, 2.24) is 10.5 Å². The zero-order valence-electron chi connectivity index (χ0n) is 8.44. The number of hydrogen-bond acceptors (Lipinski definition) is 4. The molecule has 0 bridgehead atoms. The van der Waals surface area contributed by atoms with E-state index < -0.39 is 0 Å². The number of aromatic nitrogens is 1. The van der Waals surface area contributed by atoms with E-state index in [1.54, 1.807) is 6.20 Å². The number of nitrogens with one attached hydrogen (secondary N) is 1. The van der Waals surface area contributed by atoms with Gasteiger partial charge >= 0.3 is 0 Å². The lowest BCUT2D eigenvalue weighted by Gasteiger charge is -2.29. The molecule has 0 radical (unpaired) electrons. The molecule has 1 aliphatic rings. The minimum atomic E-state index is 0.867. The predicted octanol–water partition coefficient (Wildman–Crippen LogP) is 1.24. The molecular formula is C11H13N3O. The molecule has 78 valence electrons. The van der Waals surface area contributed by atoms with Crippen LogP contribution < -0.4 is 10.2 Å². The van der Waals surface area contributed by atoms with Gasteiger partial charge < -0.3 is 14.7 Å². The summed E-state index contributed by atoms with van der Waals surface area (Å²) in [5.41, 5.74) is 2.09. The summed E-state index contributed by atoms with van der Waals surface area (Å²) in [5, 5.41) is 8.18. The van der Waals surface area contributed by atoms with E-state index in [9.17, 15) is 0 Å². The molecule has 1 N–H and O–H groups in total. The maximum atomic E-state index is 5.16. The minimum Gasteiger partial charge on any atom is -0.369 e. The van der Waals surface area contributed by atoms with Crippen molar-refractivity contribution < 1.29 is 4.52 Å². The second kappa shape index (κ2) is 3.55. The minimum absolute atomic E-state index is 0.867. The van der Waals surface area contributed by atoms with E-state index in [1.807, 2.05) is 0 Å². The molecule has 0 aliphatic carbocycles. The first kappa shape index (κ1) is 8.73. The van der Waals surface area contributed by atoms with Gasteiger partial charge in [0.15, 0.2) is 5.58 Å². The van der Waals surface area contributed by atoms with Crippen molar-refractivity contribution in [3.8, 4) is 0 Å². The lowest BCUT2D eigenvalue weighted by molar-refractivity contribution is 0.456. The lowest BCUT2D eigenvalue weighted by Crippen LogP contribution is -2.43. The van der Waals surface area contributed by atoms with E-state index in [-0.39, 0.29) is 0 Å². The molecule has 0 spiro atoms. The third-order valence-corrected chi connectivity index (χ3v) is 2.82. The van der Waals surface area contributed by atoms with Gasteiger partial charge in [0.25, 0.3) is 0 Å². The molecule has 15 heavy (non-hydrogen) atoms. The predicted molar refractivity (Wildman–Crippen MR) is 59.1 cm³/mol. The molecule has 0 unspecified atom stereocenters. The van der Waals surface area contributed by atoms with Crippen molar-refractivity contribution in [2.24, 2.45) is 0 Å².